The Hall–Kier alpha value is -2.74. The van der Waals surface area contributed by atoms with Crippen LogP contribution in [0.25, 0.3) is 22.5 Å². The molecule has 4 aromatic rings. The summed E-state index contributed by atoms with van der Waals surface area (Å²) in [4.78, 5) is 32.9. The number of hydrogen-bond donors (Lipinski definition) is 1. The summed E-state index contributed by atoms with van der Waals surface area (Å²) >= 11 is 0. The monoisotopic (exact) mass is 536 g/mol. The molecule has 1 aliphatic rings. The number of unbranched alkanes of at least 4 members (excludes halogenated alkanes) is 1. The molecule has 0 spiro atoms. The Kier molecular flexibility index (Phi) is 10.2. The summed E-state index contributed by atoms with van der Waals surface area (Å²) < 4.78 is 6.65. The van der Waals surface area contributed by atoms with Crippen molar-refractivity contribution in [1.82, 2.24) is 19.7 Å². The summed E-state index contributed by atoms with van der Waals surface area (Å²) in [6.45, 7) is 4.93. The van der Waals surface area contributed by atoms with Gasteiger partial charge in [0, 0.05) is 24.1 Å². The topological polar surface area (TPSA) is 93.8 Å². The zero-order valence-electron chi connectivity index (χ0n) is 24.3. The Bertz CT molecular complexity index is 1500. The third-order valence-electron chi connectivity index (χ3n) is 7.74. The summed E-state index contributed by atoms with van der Waals surface area (Å²) in [7, 11) is 0. The Morgan fingerprint density at radius 1 is 1.03 bits per heavy atom. The van der Waals surface area contributed by atoms with Crippen molar-refractivity contribution in [3.63, 3.8) is 0 Å². The van der Waals surface area contributed by atoms with E-state index in [0.717, 1.165) is 65.1 Å². The molecule has 39 heavy (non-hydrogen) atoms. The third-order valence-corrected chi connectivity index (χ3v) is 7.74. The molecular formula is C31H37N4NaO3. The maximum atomic E-state index is 13.8. The molecule has 1 saturated carbocycles. The van der Waals surface area contributed by atoms with Crippen LogP contribution in [0.4, 0.5) is 0 Å². The van der Waals surface area contributed by atoms with Crippen LogP contribution >= 0.6 is 0 Å². The largest absolute Gasteiger partial charge is 1.00 e. The number of rotatable bonds is 9. The van der Waals surface area contributed by atoms with E-state index in [0.29, 0.717) is 18.2 Å². The van der Waals surface area contributed by atoms with Gasteiger partial charge in [-0.2, -0.15) is 0 Å². The molecular weight excluding hydrogens is 499 g/mol. The van der Waals surface area contributed by atoms with Gasteiger partial charge in [0.1, 0.15) is 5.82 Å². The first-order valence-corrected chi connectivity index (χ1v) is 13.9. The minimum Gasteiger partial charge on any atom is -1.00 e. The SMILES string of the molecule is CCCCc1nc(C)n(CC2CCCCC2)c(=O)c1Cc1ccc(-c2ccccc2-c2noc(=O)[nH]2)cc1.[H-].[Na+]. The predicted molar refractivity (Wildman–Crippen MR) is 150 cm³/mol. The zero-order valence-corrected chi connectivity index (χ0v) is 25.3. The Balaban J connectivity index is 0.00000220. The number of aryl methyl sites for hydroxylation is 2. The number of aromatic nitrogens is 4. The molecule has 0 saturated heterocycles. The van der Waals surface area contributed by atoms with Gasteiger partial charge >= 0.3 is 35.3 Å². The van der Waals surface area contributed by atoms with E-state index in [-0.39, 0.29) is 36.5 Å². The Morgan fingerprint density at radius 3 is 2.41 bits per heavy atom. The normalized spacial score (nSPS) is 13.8. The number of nitrogens with zero attached hydrogens (tertiary/aromatic N) is 3. The van der Waals surface area contributed by atoms with Gasteiger partial charge < -0.3 is 1.43 Å². The van der Waals surface area contributed by atoms with E-state index in [1.807, 2.05) is 35.8 Å². The van der Waals surface area contributed by atoms with Crippen LogP contribution in [0.2, 0.25) is 0 Å². The summed E-state index contributed by atoms with van der Waals surface area (Å²) in [5.41, 5.74) is 5.70. The third kappa shape index (κ3) is 6.89. The molecule has 0 amide bonds. The van der Waals surface area contributed by atoms with Crippen molar-refractivity contribution in [2.24, 2.45) is 5.92 Å². The van der Waals surface area contributed by atoms with E-state index in [1.54, 1.807) is 0 Å². The second-order valence-electron chi connectivity index (χ2n) is 10.5. The molecule has 1 fully saturated rings. The smallest absolute Gasteiger partial charge is 1.00 e. The standard InChI is InChI=1S/C31H36N4O3.Na.H/c1-3-4-14-28-27(30(36)35(21(2)32-28)20-23-10-6-5-7-11-23)19-22-15-17-24(18-16-22)25-12-8-9-13-26(25)29-33-31(37)38-34-29;;/h8-9,12-13,15-18,23H,3-7,10-11,14,19-20H2,1-2H3,(H,33,34,37);;/q;+1;-1. The van der Waals surface area contributed by atoms with Crippen LogP contribution in [0, 0.1) is 12.8 Å². The molecule has 2 heterocycles. The fraction of sp³-hybridized carbons (Fsp3) is 0.419. The quantitative estimate of drug-likeness (QED) is 0.332. The second-order valence-corrected chi connectivity index (χ2v) is 10.5. The molecule has 2 aromatic carbocycles. The van der Waals surface area contributed by atoms with Crippen molar-refractivity contribution >= 4 is 0 Å². The molecule has 2 aromatic heterocycles. The van der Waals surface area contributed by atoms with Crippen LogP contribution in [-0.2, 0) is 19.4 Å². The second kappa shape index (κ2) is 13.6. The molecule has 5 rings (SSSR count). The van der Waals surface area contributed by atoms with Gasteiger partial charge in [-0.3, -0.25) is 18.9 Å². The Labute approximate surface area is 252 Å². The van der Waals surface area contributed by atoms with E-state index < -0.39 is 5.76 Å². The van der Waals surface area contributed by atoms with Gasteiger partial charge in [-0.15, -0.1) is 0 Å². The maximum absolute atomic E-state index is 13.8. The molecule has 0 unspecified atom stereocenters. The van der Waals surface area contributed by atoms with E-state index in [4.69, 9.17) is 9.51 Å². The van der Waals surface area contributed by atoms with E-state index in [9.17, 15) is 9.59 Å². The summed E-state index contributed by atoms with van der Waals surface area (Å²) in [5.74, 6) is 1.23. The van der Waals surface area contributed by atoms with E-state index in [1.165, 1.54) is 32.1 Å². The molecule has 8 heteroatoms. The van der Waals surface area contributed by atoms with Crippen molar-refractivity contribution in [2.45, 2.75) is 78.2 Å². The number of nitrogens with one attached hydrogen (secondary N) is 1. The van der Waals surface area contributed by atoms with Crippen molar-refractivity contribution < 1.29 is 35.5 Å². The molecule has 0 bridgehead atoms. The summed E-state index contributed by atoms with van der Waals surface area (Å²) in [6, 6.07) is 16.0. The number of benzene rings is 2. The average Bonchev–Trinajstić information content (AvgIpc) is 3.38. The van der Waals surface area contributed by atoms with Crippen LogP contribution < -0.4 is 40.9 Å². The van der Waals surface area contributed by atoms with Gasteiger partial charge in [-0.05, 0) is 55.2 Å². The average molecular weight is 537 g/mol. The molecule has 1 N–H and O–H groups in total. The first-order chi connectivity index (χ1) is 18.5. The van der Waals surface area contributed by atoms with Gasteiger partial charge in [0.2, 0.25) is 0 Å². The van der Waals surface area contributed by atoms with E-state index >= 15 is 0 Å². The first kappa shape index (κ1) is 29.2. The van der Waals surface area contributed by atoms with Gasteiger partial charge in [-0.25, -0.2) is 9.78 Å². The molecule has 0 atom stereocenters. The van der Waals surface area contributed by atoms with Crippen molar-refractivity contribution in [3.05, 3.63) is 92.1 Å². The van der Waals surface area contributed by atoms with Gasteiger partial charge in [0.05, 0.1) is 5.69 Å². The molecule has 1 aliphatic carbocycles. The van der Waals surface area contributed by atoms with Crippen LogP contribution in [0.1, 0.15) is 75.9 Å². The Morgan fingerprint density at radius 2 is 1.74 bits per heavy atom. The van der Waals surface area contributed by atoms with Gasteiger partial charge in [0.15, 0.2) is 5.82 Å². The summed E-state index contributed by atoms with van der Waals surface area (Å²) in [6.07, 6.45) is 9.70. The van der Waals surface area contributed by atoms with Crippen LogP contribution in [-0.4, -0.2) is 19.7 Å². The molecule has 200 valence electrons. The number of H-pyrrole nitrogens is 1. The summed E-state index contributed by atoms with van der Waals surface area (Å²) in [5, 5.41) is 3.86. The minimum absolute atomic E-state index is 0. The number of aromatic amines is 1. The van der Waals surface area contributed by atoms with Crippen molar-refractivity contribution in [3.8, 4) is 22.5 Å². The van der Waals surface area contributed by atoms with Crippen molar-refractivity contribution in [2.75, 3.05) is 0 Å². The van der Waals surface area contributed by atoms with Crippen LogP contribution in [0.3, 0.4) is 0 Å². The van der Waals surface area contributed by atoms with Crippen molar-refractivity contribution in [1.29, 1.82) is 0 Å². The van der Waals surface area contributed by atoms with E-state index in [2.05, 4.69) is 41.3 Å². The minimum atomic E-state index is -0.579. The molecule has 0 aliphatic heterocycles. The van der Waals surface area contributed by atoms with Gasteiger partial charge in [0.25, 0.3) is 5.56 Å². The predicted octanol–water partition coefficient (Wildman–Crippen LogP) is 3.19. The fourth-order valence-electron chi connectivity index (χ4n) is 5.62. The van der Waals surface area contributed by atoms with Crippen LogP contribution in [0.15, 0.2) is 62.6 Å². The number of hydrogen-bond acceptors (Lipinski definition) is 5. The maximum Gasteiger partial charge on any atom is 1.00 e. The van der Waals surface area contributed by atoms with Crippen LogP contribution in [0.5, 0.6) is 0 Å². The fourth-order valence-corrected chi connectivity index (χ4v) is 5.62. The molecule has 0 radical (unpaired) electrons. The van der Waals surface area contributed by atoms with Gasteiger partial charge in [-0.1, -0.05) is 86.3 Å². The molecule has 7 nitrogen and oxygen atoms in total. The zero-order chi connectivity index (χ0) is 26.5. The first-order valence-electron chi connectivity index (χ1n) is 13.9.